The summed E-state index contributed by atoms with van der Waals surface area (Å²) in [6.45, 7) is 3.75. The lowest BCUT2D eigenvalue weighted by Gasteiger charge is -2.33. The number of rotatable bonds is 2. The topological polar surface area (TPSA) is 37.3 Å². The Morgan fingerprint density at radius 1 is 1.28 bits per heavy atom. The first-order valence-electron chi connectivity index (χ1n) is 6.30. The van der Waals surface area contributed by atoms with Gasteiger partial charge in [0.1, 0.15) is 12.3 Å². The summed E-state index contributed by atoms with van der Waals surface area (Å²) in [5, 5.41) is 9.44. The number of aliphatic hydroxyl groups excluding tert-OH is 1. The van der Waals surface area contributed by atoms with Crippen LogP contribution in [-0.4, -0.2) is 26.8 Å². The van der Waals surface area contributed by atoms with Gasteiger partial charge in [0.05, 0.1) is 16.0 Å². The molecule has 18 heavy (non-hydrogen) atoms. The van der Waals surface area contributed by atoms with E-state index in [1.807, 2.05) is 19.1 Å². The maximum Gasteiger partial charge on any atom is 0.130 e. The normalized spacial score (nSPS) is 34.2. The highest BCUT2D eigenvalue weighted by molar-refractivity contribution is 7.85. The number of alkyl halides is 1. The first kappa shape index (κ1) is 13.7. The summed E-state index contributed by atoms with van der Waals surface area (Å²) in [4.78, 5) is 0.673. The zero-order valence-electron chi connectivity index (χ0n) is 10.7. The van der Waals surface area contributed by atoms with Crippen LogP contribution in [0.25, 0.3) is 0 Å². The van der Waals surface area contributed by atoms with Gasteiger partial charge in [-0.15, -0.1) is 0 Å². The van der Waals surface area contributed by atoms with Crippen molar-refractivity contribution in [3.8, 4) is 0 Å². The monoisotopic (exact) mass is 270 g/mol. The highest BCUT2D eigenvalue weighted by Crippen LogP contribution is 2.32. The van der Waals surface area contributed by atoms with Gasteiger partial charge in [-0.05, 0) is 37.8 Å². The second-order valence-electron chi connectivity index (χ2n) is 5.14. The fraction of sp³-hybridized carbons (Fsp3) is 0.571. The van der Waals surface area contributed by atoms with E-state index in [1.54, 1.807) is 19.1 Å². The molecule has 5 atom stereocenters. The quantitative estimate of drug-likeness (QED) is 0.897. The molecule has 0 radical (unpaired) electrons. The lowest BCUT2D eigenvalue weighted by atomic mass is 9.86. The third-order valence-electron chi connectivity index (χ3n) is 3.69. The van der Waals surface area contributed by atoms with Crippen LogP contribution in [0.1, 0.15) is 25.3 Å². The smallest absolute Gasteiger partial charge is 0.130 e. The highest BCUT2D eigenvalue weighted by atomic mass is 32.2. The Hall–Kier alpha value is -0.740. The Labute approximate surface area is 110 Å². The van der Waals surface area contributed by atoms with Crippen molar-refractivity contribution in [3.05, 3.63) is 29.8 Å². The van der Waals surface area contributed by atoms with E-state index >= 15 is 0 Å². The molecule has 0 aliphatic heterocycles. The van der Waals surface area contributed by atoms with Crippen LogP contribution in [0.2, 0.25) is 0 Å². The molecule has 1 aromatic rings. The van der Waals surface area contributed by atoms with Gasteiger partial charge in [-0.3, -0.25) is 4.21 Å². The van der Waals surface area contributed by atoms with Crippen molar-refractivity contribution in [2.75, 3.05) is 0 Å². The maximum atomic E-state index is 13.8. The summed E-state index contributed by atoms with van der Waals surface area (Å²) < 4.78 is 26.1. The van der Waals surface area contributed by atoms with Crippen LogP contribution in [0.4, 0.5) is 4.39 Å². The SMILES string of the molecule is Cc1ccc([S@](=O)[C@H]2CC[C@H](C)[C@H](F)[C@H]2O)cc1. The third-order valence-corrected chi connectivity index (χ3v) is 5.49. The number of benzene rings is 1. The van der Waals surface area contributed by atoms with Gasteiger partial charge in [0.2, 0.25) is 0 Å². The molecule has 0 bridgehead atoms. The minimum Gasteiger partial charge on any atom is -0.389 e. The van der Waals surface area contributed by atoms with Gasteiger partial charge in [0, 0.05) is 4.90 Å². The highest BCUT2D eigenvalue weighted by Gasteiger charge is 2.39. The molecule has 0 unspecified atom stereocenters. The molecule has 1 aromatic carbocycles. The second kappa shape index (κ2) is 5.49. The van der Waals surface area contributed by atoms with Crippen molar-refractivity contribution >= 4 is 10.8 Å². The third kappa shape index (κ3) is 2.64. The van der Waals surface area contributed by atoms with Crippen molar-refractivity contribution in [1.29, 1.82) is 0 Å². The first-order chi connectivity index (χ1) is 8.50. The summed E-state index contributed by atoms with van der Waals surface area (Å²) in [5.74, 6) is -0.147. The number of halogens is 1. The molecule has 1 saturated carbocycles. The van der Waals surface area contributed by atoms with E-state index in [0.717, 1.165) is 5.56 Å². The van der Waals surface area contributed by atoms with Crippen LogP contribution in [0.15, 0.2) is 29.2 Å². The van der Waals surface area contributed by atoms with E-state index in [-0.39, 0.29) is 5.92 Å². The fourth-order valence-corrected chi connectivity index (χ4v) is 3.89. The van der Waals surface area contributed by atoms with Crippen LogP contribution >= 0.6 is 0 Å². The predicted molar refractivity (Wildman–Crippen MR) is 70.7 cm³/mol. The van der Waals surface area contributed by atoms with Gasteiger partial charge in [0.15, 0.2) is 0 Å². The van der Waals surface area contributed by atoms with Gasteiger partial charge >= 0.3 is 0 Å². The van der Waals surface area contributed by atoms with Crippen molar-refractivity contribution in [2.45, 2.75) is 49.1 Å². The summed E-state index contributed by atoms with van der Waals surface area (Å²) >= 11 is 0. The van der Waals surface area contributed by atoms with E-state index in [0.29, 0.717) is 17.7 Å². The summed E-state index contributed by atoms with van der Waals surface area (Å²) in [6, 6.07) is 7.36. The van der Waals surface area contributed by atoms with Crippen LogP contribution in [-0.2, 0) is 10.8 Å². The van der Waals surface area contributed by atoms with Gasteiger partial charge in [-0.25, -0.2) is 4.39 Å². The summed E-state index contributed by atoms with van der Waals surface area (Å²) in [6.07, 6.45) is -1.09. The zero-order valence-corrected chi connectivity index (χ0v) is 11.5. The molecule has 0 saturated heterocycles. The summed E-state index contributed by atoms with van der Waals surface area (Å²) in [7, 11) is -1.33. The van der Waals surface area contributed by atoms with Crippen LogP contribution < -0.4 is 0 Å². The van der Waals surface area contributed by atoms with Gasteiger partial charge in [0.25, 0.3) is 0 Å². The zero-order chi connectivity index (χ0) is 13.3. The van der Waals surface area contributed by atoms with E-state index in [2.05, 4.69) is 0 Å². The number of hydrogen-bond donors (Lipinski definition) is 1. The lowest BCUT2D eigenvalue weighted by Crippen LogP contribution is -2.45. The molecule has 0 heterocycles. The van der Waals surface area contributed by atoms with Crippen molar-refractivity contribution in [3.63, 3.8) is 0 Å². The largest absolute Gasteiger partial charge is 0.389 e. The molecule has 2 nitrogen and oxygen atoms in total. The summed E-state index contributed by atoms with van der Waals surface area (Å²) in [5.41, 5.74) is 1.09. The standard InChI is InChI=1S/C14H19FO2S/c1-9-3-6-11(7-4-9)18(17)12-8-5-10(2)13(15)14(12)16/h3-4,6-7,10,12-14,16H,5,8H2,1-2H3/t10-,12-,13-,14-,18-/m0/s1. The Morgan fingerprint density at radius 2 is 1.89 bits per heavy atom. The van der Waals surface area contributed by atoms with Crippen molar-refractivity contribution in [1.82, 2.24) is 0 Å². The fourth-order valence-electron chi connectivity index (χ4n) is 2.38. The molecule has 100 valence electrons. The molecule has 1 N–H and O–H groups in total. The Bertz CT molecular complexity index is 432. The average Bonchev–Trinajstić information content (AvgIpc) is 2.36. The Kier molecular flexibility index (Phi) is 4.17. The molecule has 1 aliphatic rings. The van der Waals surface area contributed by atoms with E-state index in [9.17, 15) is 13.7 Å². The minimum absolute atomic E-state index is 0.147. The second-order valence-corrected chi connectivity index (χ2v) is 6.81. The molecule has 1 fully saturated rings. The van der Waals surface area contributed by atoms with Crippen LogP contribution in [0, 0.1) is 12.8 Å². The van der Waals surface area contributed by atoms with Gasteiger partial charge in [-0.1, -0.05) is 24.6 Å². The molecular formula is C14H19FO2S. The number of hydrogen-bond acceptors (Lipinski definition) is 2. The first-order valence-corrected chi connectivity index (χ1v) is 7.51. The maximum absolute atomic E-state index is 13.8. The van der Waals surface area contributed by atoms with E-state index < -0.39 is 28.3 Å². The van der Waals surface area contributed by atoms with Crippen LogP contribution in [0.5, 0.6) is 0 Å². The van der Waals surface area contributed by atoms with Crippen molar-refractivity contribution in [2.24, 2.45) is 5.92 Å². The molecule has 4 heteroatoms. The van der Waals surface area contributed by atoms with Crippen LogP contribution in [0.3, 0.4) is 0 Å². The molecule has 0 spiro atoms. The molecule has 1 aliphatic carbocycles. The van der Waals surface area contributed by atoms with Crippen molar-refractivity contribution < 1.29 is 13.7 Å². The van der Waals surface area contributed by atoms with E-state index in [1.165, 1.54) is 0 Å². The molecule has 2 rings (SSSR count). The van der Waals surface area contributed by atoms with Gasteiger partial charge in [-0.2, -0.15) is 0 Å². The minimum atomic E-state index is -1.33. The predicted octanol–water partition coefficient (Wildman–Crippen LogP) is 2.60. The molecule has 0 amide bonds. The average molecular weight is 270 g/mol. The Balaban J connectivity index is 2.16. The van der Waals surface area contributed by atoms with E-state index in [4.69, 9.17) is 0 Å². The lowest BCUT2D eigenvalue weighted by molar-refractivity contribution is 0.0173. The Morgan fingerprint density at radius 3 is 2.50 bits per heavy atom. The number of aliphatic hydroxyl groups is 1. The molecule has 0 aromatic heterocycles. The van der Waals surface area contributed by atoms with Gasteiger partial charge < -0.3 is 5.11 Å². The number of aryl methyl sites for hydroxylation is 1. The molecular weight excluding hydrogens is 251 g/mol.